The third-order valence-electron chi connectivity index (χ3n) is 4.92. The van der Waals surface area contributed by atoms with E-state index in [0.29, 0.717) is 43.9 Å². The average molecular weight is 430 g/mol. The lowest BCUT2D eigenvalue weighted by molar-refractivity contribution is -0.384. The van der Waals surface area contributed by atoms with Crippen LogP contribution in [0.25, 0.3) is 0 Å². The number of unbranched alkanes of at least 4 members (excludes halogenated alkanes) is 1. The van der Waals surface area contributed by atoms with Crippen molar-refractivity contribution in [3.05, 3.63) is 33.9 Å². The number of nitro groups is 1. The largest absolute Gasteiger partial charge is 0.406 e. The van der Waals surface area contributed by atoms with E-state index < -0.39 is 23.6 Å². The molecule has 0 unspecified atom stereocenters. The van der Waals surface area contributed by atoms with E-state index in [1.54, 1.807) is 16.7 Å². The number of piperazine rings is 1. The molecule has 1 aromatic rings. The molecule has 0 saturated carbocycles. The molecule has 166 valence electrons. The molecule has 0 spiro atoms. The number of halogens is 3. The monoisotopic (exact) mass is 430 g/mol. The Kier molecular flexibility index (Phi) is 7.63. The van der Waals surface area contributed by atoms with Crippen molar-refractivity contribution >= 4 is 23.2 Å². The summed E-state index contributed by atoms with van der Waals surface area (Å²) in [5, 5.41) is 11.6. The number of amides is 2. The van der Waals surface area contributed by atoms with Crippen LogP contribution >= 0.6 is 0 Å². The highest BCUT2D eigenvalue weighted by Crippen LogP contribution is 2.31. The van der Waals surface area contributed by atoms with Gasteiger partial charge in [-0.25, -0.2) is 0 Å². The first-order valence-corrected chi connectivity index (χ1v) is 9.68. The summed E-state index contributed by atoms with van der Waals surface area (Å²) >= 11 is 0. The van der Waals surface area contributed by atoms with Gasteiger partial charge < -0.3 is 14.7 Å². The number of hydrogen-bond donors (Lipinski definition) is 0. The number of alkyl halides is 3. The van der Waals surface area contributed by atoms with E-state index in [0.717, 1.165) is 6.07 Å². The maximum atomic E-state index is 12.9. The van der Waals surface area contributed by atoms with Gasteiger partial charge in [0.25, 0.3) is 11.6 Å². The molecule has 1 fully saturated rings. The average Bonchev–Trinajstić information content (AvgIpc) is 2.69. The van der Waals surface area contributed by atoms with Gasteiger partial charge in [0.15, 0.2) is 0 Å². The van der Waals surface area contributed by atoms with Crippen molar-refractivity contribution in [2.45, 2.75) is 32.9 Å². The minimum atomic E-state index is -4.56. The van der Waals surface area contributed by atoms with Crippen molar-refractivity contribution in [3.8, 4) is 0 Å². The number of benzene rings is 1. The van der Waals surface area contributed by atoms with E-state index in [9.17, 15) is 32.9 Å². The molecule has 8 nitrogen and oxygen atoms in total. The fraction of sp³-hybridized carbons (Fsp3) is 0.579. The molecule has 0 aliphatic carbocycles. The molecule has 0 atom stereocenters. The van der Waals surface area contributed by atoms with Crippen molar-refractivity contribution < 1.29 is 27.7 Å². The van der Waals surface area contributed by atoms with Gasteiger partial charge in [0.05, 0.1) is 4.92 Å². The molecule has 0 bridgehead atoms. The van der Waals surface area contributed by atoms with E-state index in [4.69, 9.17) is 0 Å². The standard InChI is InChI=1S/C19H25F3N4O4/c1-3-4-7-25(13-19(20,21)22)18(28)15-5-6-16(17(12-15)26(29)30)24-10-8-23(9-11-24)14(2)27/h5-6,12H,3-4,7-11,13H2,1-2H3. The van der Waals surface area contributed by atoms with Gasteiger partial charge in [-0.3, -0.25) is 19.7 Å². The number of rotatable bonds is 7. The van der Waals surface area contributed by atoms with Crippen LogP contribution < -0.4 is 4.90 Å². The van der Waals surface area contributed by atoms with Crippen LogP contribution in [-0.4, -0.2) is 72.0 Å². The van der Waals surface area contributed by atoms with Gasteiger partial charge in [0.1, 0.15) is 12.2 Å². The highest BCUT2D eigenvalue weighted by molar-refractivity contribution is 5.96. The molecule has 2 rings (SSSR count). The van der Waals surface area contributed by atoms with Gasteiger partial charge in [-0.05, 0) is 18.6 Å². The van der Waals surface area contributed by atoms with Gasteiger partial charge >= 0.3 is 6.18 Å². The summed E-state index contributed by atoms with van der Waals surface area (Å²) in [7, 11) is 0. The number of hydrogen-bond acceptors (Lipinski definition) is 5. The van der Waals surface area contributed by atoms with Crippen LogP contribution in [-0.2, 0) is 4.79 Å². The van der Waals surface area contributed by atoms with Crippen LogP contribution in [0.4, 0.5) is 24.5 Å². The Morgan fingerprint density at radius 1 is 1.20 bits per heavy atom. The third kappa shape index (κ3) is 6.07. The second kappa shape index (κ2) is 9.77. The van der Waals surface area contributed by atoms with E-state index in [-0.39, 0.29) is 29.4 Å². The highest BCUT2D eigenvalue weighted by atomic mass is 19.4. The Balaban J connectivity index is 2.27. The van der Waals surface area contributed by atoms with Crippen LogP contribution in [0.3, 0.4) is 0 Å². The topological polar surface area (TPSA) is 87.0 Å². The first-order chi connectivity index (χ1) is 14.0. The minimum absolute atomic E-state index is 0.0815. The fourth-order valence-electron chi connectivity index (χ4n) is 3.33. The molecule has 1 aliphatic rings. The predicted molar refractivity (Wildman–Crippen MR) is 104 cm³/mol. The SMILES string of the molecule is CCCCN(CC(F)(F)F)C(=O)c1ccc(N2CCN(C(C)=O)CC2)c([N+](=O)[O-])c1. The van der Waals surface area contributed by atoms with Gasteiger partial charge in [0, 0.05) is 51.3 Å². The Bertz CT molecular complexity index is 792. The number of nitro benzene ring substituents is 1. The molecule has 1 aliphatic heterocycles. The lowest BCUT2D eigenvalue weighted by Crippen LogP contribution is -2.48. The Hall–Kier alpha value is -2.85. The molecule has 1 heterocycles. The van der Waals surface area contributed by atoms with Crippen LogP contribution in [0, 0.1) is 10.1 Å². The first kappa shape index (κ1) is 23.4. The number of nitrogens with zero attached hydrogens (tertiary/aromatic N) is 4. The van der Waals surface area contributed by atoms with Crippen molar-refractivity contribution in [2.75, 3.05) is 44.2 Å². The molecule has 30 heavy (non-hydrogen) atoms. The quantitative estimate of drug-likeness (QED) is 0.490. The normalized spacial score (nSPS) is 14.6. The van der Waals surface area contributed by atoms with E-state index in [2.05, 4.69) is 0 Å². The Morgan fingerprint density at radius 3 is 2.33 bits per heavy atom. The maximum absolute atomic E-state index is 12.9. The summed E-state index contributed by atoms with van der Waals surface area (Å²) in [5.74, 6) is -0.973. The summed E-state index contributed by atoms with van der Waals surface area (Å²) in [5.41, 5.74) is -0.233. The zero-order valence-corrected chi connectivity index (χ0v) is 16.9. The molecule has 2 amide bonds. The van der Waals surface area contributed by atoms with Crippen LogP contribution in [0.5, 0.6) is 0 Å². The van der Waals surface area contributed by atoms with Crippen molar-refractivity contribution in [1.29, 1.82) is 0 Å². The lowest BCUT2D eigenvalue weighted by atomic mass is 10.1. The summed E-state index contributed by atoms with van der Waals surface area (Å²) in [6.07, 6.45) is -3.57. The minimum Gasteiger partial charge on any atom is -0.362 e. The van der Waals surface area contributed by atoms with E-state index in [1.807, 2.05) is 0 Å². The van der Waals surface area contributed by atoms with Gasteiger partial charge in [-0.1, -0.05) is 13.3 Å². The number of carbonyl (C=O) groups excluding carboxylic acids is 2. The van der Waals surface area contributed by atoms with Crippen molar-refractivity contribution in [3.63, 3.8) is 0 Å². The molecule has 11 heteroatoms. The molecule has 1 aromatic carbocycles. The third-order valence-corrected chi connectivity index (χ3v) is 4.92. The highest BCUT2D eigenvalue weighted by Gasteiger charge is 2.34. The Morgan fingerprint density at radius 2 is 1.83 bits per heavy atom. The summed E-state index contributed by atoms with van der Waals surface area (Å²) < 4.78 is 38.6. The molecule has 0 radical (unpaired) electrons. The van der Waals surface area contributed by atoms with E-state index in [1.165, 1.54) is 19.1 Å². The Labute approximate surface area is 172 Å². The smallest absolute Gasteiger partial charge is 0.362 e. The van der Waals surface area contributed by atoms with Crippen molar-refractivity contribution in [1.82, 2.24) is 9.80 Å². The zero-order chi connectivity index (χ0) is 22.5. The van der Waals surface area contributed by atoms with Gasteiger partial charge in [-0.15, -0.1) is 0 Å². The van der Waals surface area contributed by atoms with Crippen molar-refractivity contribution in [2.24, 2.45) is 0 Å². The van der Waals surface area contributed by atoms with Gasteiger partial charge in [0.2, 0.25) is 5.91 Å². The molecule has 1 saturated heterocycles. The lowest BCUT2D eigenvalue weighted by Gasteiger charge is -2.35. The zero-order valence-electron chi connectivity index (χ0n) is 16.9. The van der Waals surface area contributed by atoms with Crippen LogP contribution in [0.2, 0.25) is 0 Å². The first-order valence-electron chi connectivity index (χ1n) is 9.68. The predicted octanol–water partition coefficient (Wildman–Crippen LogP) is 3.07. The fourth-order valence-corrected chi connectivity index (χ4v) is 3.33. The number of carbonyl (C=O) groups is 2. The van der Waals surface area contributed by atoms with Crippen LogP contribution in [0.15, 0.2) is 18.2 Å². The van der Waals surface area contributed by atoms with Gasteiger partial charge in [-0.2, -0.15) is 13.2 Å². The maximum Gasteiger partial charge on any atom is 0.406 e. The second-order valence-electron chi connectivity index (χ2n) is 7.15. The molecule has 0 N–H and O–H groups in total. The molecule has 0 aromatic heterocycles. The number of anilines is 1. The molecular weight excluding hydrogens is 405 g/mol. The summed E-state index contributed by atoms with van der Waals surface area (Å²) in [6.45, 7) is 3.32. The second-order valence-corrected chi connectivity index (χ2v) is 7.15. The summed E-state index contributed by atoms with van der Waals surface area (Å²) in [6, 6.07) is 3.74. The summed E-state index contributed by atoms with van der Waals surface area (Å²) in [4.78, 5) is 39.1. The van der Waals surface area contributed by atoms with Crippen LogP contribution in [0.1, 0.15) is 37.0 Å². The van der Waals surface area contributed by atoms with E-state index >= 15 is 0 Å². The molecular formula is C19H25F3N4O4.